The number of nitrogens with two attached hydrogens (primary N) is 1. The van der Waals surface area contributed by atoms with E-state index in [-0.39, 0.29) is 17.3 Å². The van der Waals surface area contributed by atoms with Crippen LogP contribution in [0, 0.1) is 6.92 Å². The minimum absolute atomic E-state index is 0.189. The van der Waals surface area contributed by atoms with Crippen LogP contribution in [0.25, 0.3) is 10.9 Å². The van der Waals surface area contributed by atoms with Crippen molar-refractivity contribution in [1.29, 1.82) is 0 Å². The number of fused-ring (bicyclic) bond motifs is 1. The van der Waals surface area contributed by atoms with Gasteiger partial charge in [-0.25, -0.2) is 9.97 Å². The van der Waals surface area contributed by atoms with E-state index in [2.05, 4.69) is 20.2 Å². The number of hydrogen-bond donors (Lipinski definition) is 2. The Labute approximate surface area is 203 Å². The SMILES string of the molecule is COCC(F)(F)c1cc(N)cc([C@@H](C)Nc2nc(C)nc3cc(OC)c(N4CCOCC4)cc23)c1. The lowest BCUT2D eigenvalue weighted by molar-refractivity contribution is -0.0698. The minimum atomic E-state index is -3.15. The molecule has 1 fully saturated rings. The zero-order valence-corrected chi connectivity index (χ0v) is 20.4. The van der Waals surface area contributed by atoms with Gasteiger partial charge in [0.2, 0.25) is 0 Å². The zero-order valence-electron chi connectivity index (χ0n) is 20.4. The molecule has 0 radical (unpaired) electrons. The fourth-order valence-electron chi connectivity index (χ4n) is 4.28. The Balaban J connectivity index is 1.72. The largest absolute Gasteiger partial charge is 0.495 e. The van der Waals surface area contributed by atoms with Crippen LogP contribution in [0.1, 0.15) is 29.9 Å². The lowest BCUT2D eigenvalue weighted by Gasteiger charge is -2.30. The smallest absolute Gasteiger partial charge is 0.296 e. The number of methoxy groups -OCH3 is 2. The first-order valence-corrected chi connectivity index (χ1v) is 11.4. The molecular weight excluding hydrogens is 456 g/mol. The number of ether oxygens (including phenoxy) is 3. The molecule has 1 aliphatic heterocycles. The maximum Gasteiger partial charge on any atom is 0.296 e. The van der Waals surface area contributed by atoms with Crippen LogP contribution < -0.4 is 20.7 Å². The summed E-state index contributed by atoms with van der Waals surface area (Å²) in [6.07, 6.45) is 0. The average Bonchev–Trinajstić information content (AvgIpc) is 2.83. The molecule has 2 aromatic carbocycles. The van der Waals surface area contributed by atoms with Crippen molar-refractivity contribution in [3.05, 3.63) is 47.3 Å². The number of rotatable bonds is 8. The van der Waals surface area contributed by atoms with Crippen LogP contribution in [-0.4, -0.2) is 57.1 Å². The summed E-state index contributed by atoms with van der Waals surface area (Å²) in [5, 5.41) is 4.18. The summed E-state index contributed by atoms with van der Waals surface area (Å²) in [7, 11) is 2.88. The number of alkyl halides is 2. The molecule has 4 rings (SSSR count). The maximum absolute atomic E-state index is 14.5. The van der Waals surface area contributed by atoms with Crippen molar-refractivity contribution in [2.45, 2.75) is 25.8 Å². The first-order chi connectivity index (χ1) is 16.7. The topological polar surface area (TPSA) is 94.8 Å². The molecule has 0 spiro atoms. The molecular formula is C25H31F2N5O3. The van der Waals surface area contributed by atoms with Crippen LogP contribution in [0.4, 0.5) is 26.0 Å². The Morgan fingerprint density at radius 3 is 2.57 bits per heavy atom. The van der Waals surface area contributed by atoms with Gasteiger partial charge >= 0.3 is 0 Å². The van der Waals surface area contributed by atoms with E-state index in [1.54, 1.807) is 13.2 Å². The summed E-state index contributed by atoms with van der Waals surface area (Å²) in [4.78, 5) is 11.4. The Kier molecular flexibility index (Phi) is 7.23. The van der Waals surface area contributed by atoms with E-state index >= 15 is 0 Å². The van der Waals surface area contributed by atoms with Gasteiger partial charge in [-0.15, -0.1) is 0 Å². The van der Waals surface area contributed by atoms with Crippen molar-refractivity contribution in [3.63, 3.8) is 0 Å². The van der Waals surface area contributed by atoms with E-state index in [1.807, 2.05) is 26.0 Å². The van der Waals surface area contributed by atoms with Gasteiger partial charge in [-0.1, -0.05) is 0 Å². The number of aryl methyl sites for hydroxylation is 1. The van der Waals surface area contributed by atoms with Crippen molar-refractivity contribution in [2.24, 2.45) is 0 Å². The number of aromatic nitrogens is 2. The summed E-state index contributed by atoms with van der Waals surface area (Å²) in [6, 6.07) is 7.95. The van der Waals surface area contributed by atoms with E-state index < -0.39 is 12.5 Å². The molecule has 1 aromatic heterocycles. The summed E-state index contributed by atoms with van der Waals surface area (Å²) in [5.41, 5.74) is 8.30. The molecule has 3 N–H and O–H groups in total. The summed E-state index contributed by atoms with van der Waals surface area (Å²) in [6.45, 7) is 5.73. The zero-order chi connectivity index (χ0) is 25.2. The van der Waals surface area contributed by atoms with Crippen LogP contribution in [0.2, 0.25) is 0 Å². The predicted octanol–water partition coefficient (Wildman–Crippen LogP) is 4.28. The maximum atomic E-state index is 14.5. The fraction of sp³-hybridized carbons (Fsp3) is 0.440. The van der Waals surface area contributed by atoms with Crippen molar-refractivity contribution in [2.75, 3.05) is 63.1 Å². The molecule has 0 bridgehead atoms. The Morgan fingerprint density at radius 2 is 1.89 bits per heavy atom. The first-order valence-electron chi connectivity index (χ1n) is 11.4. The van der Waals surface area contributed by atoms with Crippen molar-refractivity contribution in [1.82, 2.24) is 9.97 Å². The van der Waals surface area contributed by atoms with Crippen molar-refractivity contribution in [3.8, 4) is 5.75 Å². The van der Waals surface area contributed by atoms with Gasteiger partial charge in [0.1, 0.15) is 24.0 Å². The quantitative estimate of drug-likeness (QED) is 0.455. The molecule has 0 unspecified atom stereocenters. The third kappa shape index (κ3) is 5.38. The molecule has 1 atom stereocenters. The molecule has 2 heterocycles. The molecule has 0 aliphatic carbocycles. The molecule has 1 aliphatic rings. The van der Waals surface area contributed by atoms with Gasteiger partial charge < -0.3 is 30.2 Å². The van der Waals surface area contributed by atoms with E-state index in [0.29, 0.717) is 30.4 Å². The average molecular weight is 488 g/mol. The molecule has 3 aromatic rings. The molecule has 0 amide bonds. The van der Waals surface area contributed by atoms with Crippen LogP contribution >= 0.6 is 0 Å². The predicted molar refractivity (Wildman–Crippen MR) is 133 cm³/mol. The second-order valence-corrected chi connectivity index (χ2v) is 8.65. The number of halogens is 2. The Hall–Kier alpha value is -3.24. The van der Waals surface area contributed by atoms with Gasteiger partial charge in [0.15, 0.2) is 0 Å². The number of nitrogens with zero attached hydrogens (tertiary/aromatic N) is 3. The summed E-state index contributed by atoms with van der Waals surface area (Å²) >= 11 is 0. The number of nitrogen functional groups attached to an aromatic ring is 1. The lowest BCUT2D eigenvalue weighted by Crippen LogP contribution is -2.36. The van der Waals surface area contributed by atoms with E-state index in [1.165, 1.54) is 19.2 Å². The first kappa shape index (κ1) is 24.9. The minimum Gasteiger partial charge on any atom is -0.495 e. The highest BCUT2D eigenvalue weighted by molar-refractivity contribution is 5.94. The molecule has 188 valence electrons. The highest BCUT2D eigenvalue weighted by Crippen LogP contribution is 2.37. The number of morpholine rings is 1. The van der Waals surface area contributed by atoms with Gasteiger partial charge in [-0.2, -0.15) is 8.78 Å². The van der Waals surface area contributed by atoms with Gasteiger partial charge in [-0.3, -0.25) is 0 Å². The Morgan fingerprint density at radius 1 is 1.14 bits per heavy atom. The standard InChI is InChI=1S/C25H31F2N5O3/c1-15(17-9-18(11-19(28)10-17)25(26,27)14-33-3)29-24-20-12-22(32-5-7-35-8-6-32)23(34-4)13-21(20)30-16(2)31-24/h9-13,15H,5-8,14,28H2,1-4H3,(H,29,30,31)/t15-/m1/s1. The molecule has 8 nitrogen and oxygen atoms in total. The lowest BCUT2D eigenvalue weighted by atomic mass is 10.00. The van der Waals surface area contributed by atoms with E-state index in [9.17, 15) is 8.78 Å². The van der Waals surface area contributed by atoms with Gasteiger partial charge in [-0.05, 0) is 43.7 Å². The number of hydrogen-bond acceptors (Lipinski definition) is 8. The highest BCUT2D eigenvalue weighted by Gasteiger charge is 2.32. The summed E-state index contributed by atoms with van der Waals surface area (Å²) < 4.78 is 44.9. The molecule has 0 saturated carbocycles. The van der Waals surface area contributed by atoms with Crippen molar-refractivity contribution >= 4 is 28.1 Å². The third-order valence-electron chi connectivity index (χ3n) is 6.04. The summed E-state index contributed by atoms with van der Waals surface area (Å²) in [5.74, 6) is -1.25. The van der Waals surface area contributed by atoms with Gasteiger partial charge in [0.25, 0.3) is 5.92 Å². The van der Waals surface area contributed by atoms with Gasteiger partial charge in [0, 0.05) is 42.9 Å². The highest BCUT2D eigenvalue weighted by atomic mass is 19.3. The number of anilines is 3. The van der Waals surface area contributed by atoms with Crippen LogP contribution in [0.3, 0.4) is 0 Å². The van der Waals surface area contributed by atoms with Crippen LogP contribution in [-0.2, 0) is 15.4 Å². The van der Waals surface area contributed by atoms with E-state index in [0.717, 1.165) is 35.4 Å². The normalized spacial score (nSPS) is 15.3. The second-order valence-electron chi connectivity index (χ2n) is 8.65. The molecule has 10 heteroatoms. The Bertz CT molecular complexity index is 1200. The number of benzene rings is 2. The monoisotopic (exact) mass is 487 g/mol. The second kappa shape index (κ2) is 10.2. The van der Waals surface area contributed by atoms with Crippen molar-refractivity contribution < 1.29 is 23.0 Å². The fourth-order valence-corrected chi connectivity index (χ4v) is 4.28. The number of nitrogens with one attached hydrogen (secondary N) is 1. The van der Waals surface area contributed by atoms with Crippen LogP contribution in [0.15, 0.2) is 30.3 Å². The third-order valence-corrected chi connectivity index (χ3v) is 6.04. The molecule has 35 heavy (non-hydrogen) atoms. The molecule has 1 saturated heterocycles. The van der Waals surface area contributed by atoms with Gasteiger partial charge in [0.05, 0.1) is 37.6 Å². The van der Waals surface area contributed by atoms with E-state index in [4.69, 9.17) is 19.9 Å². The van der Waals surface area contributed by atoms with Crippen LogP contribution in [0.5, 0.6) is 5.75 Å².